The highest BCUT2D eigenvalue weighted by Gasteiger charge is 2.53. The lowest BCUT2D eigenvalue weighted by Gasteiger charge is -2.34. The molecule has 0 radical (unpaired) electrons. The summed E-state index contributed by atoms with van der Waals surface area (Å²) in [4.78, 5) is 30.2. The van der Waals surface area contributed by atoms with Crippen LogP contribution in [0.2, 0.25) is 0 Å². The van der Waals surface area contributed by atoms with E-state index in [1.165, 1.54) is 17.4 Å². The second-order valence-corrected chi connectivity index (χ2v) is 12.0. The standard InChI is InChI=1S/C26H38FNO6S/c1-14-8-7-9-26(6)21(34-26)11-19(18(27)10-17-13-35-16(3)28-17)33-22(30)12-20(29)25(4,5)24(32)15(2)23(14)31/h10,13-15,19-21,23,29,31H,7-9,11-12H2,1-6H3/t14-,15+,19?,20-,21-,23-,26+/m0/s1. The fourth-order valence-corrected chi connectivity index (χ4v) is 5.44. The number of ketones is 1. The van der Waals surface area contributed by atoms with Gasteiger partial charge in [-0.3, -0.25) is 9.59 Å². The number of nitrogens with zero attached hydrogens (tertiary/aromatic N) is 1. The summed E-state index contributed by atoms with van der Waals surface area (Å²) in [7, 11) is 0. The van der Waals surface area contributed by atoms with Crippen molar-refractivity contribution in [2.45, 2.75) is 104 Å². The number of esters is 1. The van der Waals surface area contributed by atoms with Gasteiger partial charge in [0, 0.05) is 17.7 Å². The molecule has 7 nitrogen and oxygen atoms in total. The number of aliphatic hydroxyl groups is 2. The molecule has 3 heterocycles. The van der Waals surface area contributed by atoms with E-state index in [4.69, 9.17) is 9.47 Å². The third-order valence-corrected chi connectivity index (χ3v) is 8.43. The van der Waals surface area contributed by atoms with Crippen LogP contribution in [0.5, 0.6) is 0 Å². The number of aryl methyl sites for hydroxylation is 1. The van der Waals surface area contributed by atoms with Crippen LogP contribution >= 0.6 is 11.3 Å². The van der Waals surface area contributed by atoms with Crippen LogP contribution in [-0.2, 0) is 19.1 Å². The van der Waals surface area contributed by atoms with E-state index in [0.29, 0.717) is 18.5 Å². The van der Waals surface area contributed by atoms with Crippen molar-refractivity contribution >= 4 is 29.2 Å². The first-order valence-electron chi connectivity index (χ1n) is 12.3. The van der Waals surface area contributed by atoms with Crippen molar-refractivity contribution in [2.24, 2.45) is 17.3 Å². The molecule has 7 atom stereocenters. The number of aromatic nitrogens is 1. The van der Waals surface area contributed by atoms with Crippen molar-refractivity contribution in [3.8, 4) is 0 Å². The van der Waals surface area contributed by atoms with Crippen molar-refractivity contribution in [1.29, 1.82) is 0 Å². The van der Waals surface area contributed by atoms with E-state index in [9.17, 15) is 19.8 Å². The first-order chi connectivity index (χ1) is 16.2. The van der Waals surface area contributed by atoms with Crippen molar-refractivity contribution in [3.63, 3.8) is 0 Å². The molecule has 35 heavy (non-hydrogen) atoms. The summed E-state index contributed by atoms with van der Waals surface area (Å²) < 4.78 is 26.7. The zero-order chi connectivity index (χ0) is 26.1. The Morgan fingerprint density at radius 2 is 1.94 bits per heavy atom. The maximum Gasteiger partial charge on any atom is 0.309 e. The van der Waals surface area contributed by atoms with Gasteiger partial charge in [-0.1, -0.05) is 34.1 Å². The molecule has 2 aliphatic rings. The van der Waals surface area contributed by atoms with E-state index in [2.05, 4.69) is 4.98 Å². The molecular weight excluding hydrogens is 473 g/mol. The minimum absolute atomic E-state index is 0.129. The number of aliphatic hydroxyl groups excluding tert-OH is 2. The zero-order valence-electron chi connectivity index (χ0n) is 21.4. The number of thiazole rings is 1. The van der Waals surface area contributed by atoms with E-state index in [1.54, 1.807) is 26.2 Å². The highest BCUT2D eigenvalue weighted by Crippen LogP contribution is 2.45. The molecular formula is C26H38FNO6S. The number of epoxide rings is 1. The Bertz CT molecular complexity index is 961. The molecule has 0 aromatic carbocycles. The third kappa shape index (κ3) is 6.56. The molecule has 2 fully saturated rings. The fraction of sp³-hybridized carbons (Fsp3) is 0.731. The molecule has 0 aliphatic carbocycles. The Balaban J connectivity index is 1.85. The Kier molecular flexibility index (Phi) is 8.57. The highest BCUT2D eigenvalue weighted by molar-refractivity contribution is 7.09. The largest absolute Gasteiger partial charge is 0.455 e. The van der Waals surface area contributed by atoms with Crippen LogP contribution in [0.15, 0.2) is 11.2 Å². The smallest absolute Gasteiger partial charge is 0.309 e. The van der Waals surface area contributed by atoms with Crippen LogP contribution in [-0.4, -0.2) is 57.0 Å². The third-order valence-electron chi connectivity index (χ3n) is 7.64. The molecule has 1 unspecified atom stereocenters. The lowest BCUT2D eigenvalue weighted by atomic mass is 9.73. The maximum absolute atomic E-state index is 15.3. The molecule has 2 aliphatic heterocycles. The molecule has 0 bridgehead atoms. The summed E-state index contributed by atoms with van der Waals surface area (Å²) in [5, 5.41) is 24.1. The van der Waals surface area contributed by atoms with Crippen molar-refractivity contribution in [1.82, 2.24) is 4.98 Å². The number of carbonyl (C=O) groups is 2. The lowest BCUT2D eigenvalue weighted by Crippen LogP contribution is -2.45. The van der Waals surface area contributed by atoms with Gasteiger partial charge in [-0.05, 0) is 38.7 Å². The van der Waals surface area contributed by atoms with Gasteiger partial charge in [0.05, 0.1) is 46.5 Å². The Hall–Kier alpha value is -1.68. The number of cyclic esters (lactones) is 1. The molecule has 9 heteroatoms. The molecule has 196 valence electrons. The second kappa shape index (κ2) is 10.7. The van der Waals surface area contributed by atoms with Gasteiger partial charge in [0.25, 0.3) is 0 Å². The predicted octanol–water partition coefficient (Wildman–Crippen LogP) is 4.38. The van der Waals surface area contributed by atoms with E-state index >= 15 is 4.39 Å². The molecule has 1 aromatic rings. The number of carbonyl (C=O) groups excluding carboxylic acids is 2. The zero-order valence-corrected chi connectivity index (χ0v) is 22.2. The van der Waals surface area contributed by atoms with Crippen molar-refractivity contribution in [3.05, 3.63) is 21.9 Å². The molecule has 3 rings (SSSR count). The van der Waals surface area contributed by atoms with Gasteiger partial charge in [0.15, 0.2) is 6.10 Å². The quantitative estimate of drug-likeness (QED) is 0.448. The van der Waals surface area contributed by atoms with E-state index in [-0.39, 0.29) is 24.2 Å². The van der Waals surface area contributed by atoms with Gasteiger partial charge in [-0.2, -0.15) is 0 Å². The second-order valence-electron chi connectivity index (χ2n) is 10.9. The summed E-state index contributed by atoms with van der Waals surface area (Å²) in [6, 6.07) is 0. The number of ether oxygens (including phenoxy) is 2. The summed E-state index contributed by atoms with van der Waals surface area (Å²) >= 11 is 1.39. The summed E-state index contributed by atoms with van der Waals surface area (Å²) in [5.41, 5.74) is -1.32. The van der Waals surface area contributed by atoms with Crippen LogP contribution in [0.25, 0.3) is 6.08 Å². The lowest BCUT2D eigenvalue weighted by molar-refractivity contribution is -0.155. The van der Waals surface area contributed by atoms with Crippen molar-refractivity contribution in [2.75, 3.05) is 0 Å². The Morgan fingerprint density at radius 1 is 1.26 bits per heavy atom. The van der Waals surface area contributed by atoms with Crippen LogP contribution in [0.4, 0.5) is 4.39 Å². The number of fused-ring (bicyclic) bond motifs is 1. The average molecular weight is 512 g/mol. The first-order valence-corrected chi connectivity index (χ1v) is 13.2. The van der Waals surface area contributed by atoms with Gasteiger partial charge in [0.1, 0.15) is 11.6 Å². The molecule has 2 saturated heterocycles. The van der Waals surface area contributed by atoms with E-state index in [0.717, 1.165) is 11.4 Å². The van der Waals surface area contributed by atoms with Crippen LogP contribution in [0.1, 0.15) is 77.4 Å². The SMILES string of the molecule is Cc1nc(C=C(F)C2C[C@@H]3O[C@]3(C)CCC[C@H](C)[C@H](O)[C@@H](C)C(=O)C(C)(C)[C@@H](O)CC(=O)O2)cs1. The summed E-state index contributed by atoms with van der Waals surface area (Å²) in [6.45, 7) is 10.4. The number of halogens is 1. The van der Waals surface area contributed by atoms with Gasteiger partial charge in [-0.15, -0.1) is 11.3 Å². The molecule has 1 aromatic heterocycles. The minimum Gasteiger partial charge on any atom is -0.455 e. The average Bonchev–Trinajstić information content (AvgIpc) is 3.22. The number of rotatable bonds is 2. The molecule has 0 amide bonds. The topological polar surface area (TPSA) is 109 Å². The number of Topliss-reactive ketones (excluding diaryl/α,β-unsaturated/α-hetero) is 1. The predicted molar refractivity (Wildman–Crippen MR) is 131 cm³/mol. The van der Waals surface area contributed by atoms with Gasteiger partial charge < -0.3 is 19.7 Å². The number of hydrogen-bond acceptors (Lipinski definition) is 8. The van der Waals surface area contributed by atoms with Gasteiger partial charge in [0.2, 0.25) is 0 Å². The van der Waals surface area contributed by atoms with Gasteiger partial charge >= 0.3 is 5.97 Å². The minimum atomic E-state index is -1.35. The molecule has 0 spiro atoms. The highest BCUT2D eigenvalue weighted by atomic mass is 32.1. The van der Waals surface area contributed by atoms with Gasteiger partial charge in [-0.25, -0.2) is 9.37 Å². The van der Waals surface area contributed by atoms with E-state index < -0.39 is 53.5 Å². The van der Waals surface area contributed by atoms with Crippen LogP contribution < -0.4 is 0 Å². The fourth-order valence-electron chi connectivity index (χ4n) is 4.86. The van der Waals surface area contributed by atoms with Crippen LogP contribution in [0, 0.1) is 24.2 Å². The first kappa shape index (κ1) is 27.9. The summed E-state index contributed by atoms with van der Waals surface area (Å²) in [6.07, 6.45) is -0.593. The van der Waals surface area contributed by atoms with Crippen molar-refractivity contribution < 1.29 is 33.7 Å². The number of hydrogen-bond donors (Lipinski definition) is 2. The normalized spacial score (nSPS) is 37.5. The molecule has 2 N–H and O–H groups in total. The Labute approximate surface area is 210 Å². The maximum atomic E-state index is 15.3. The van der Waals surface area contributed by atoms with E-state index in [1.807, 2.05) is 20.8 Å². The molecule has 0 saturated carbocycles. The monoisotopic (exact) mass is 511 g/mol. The summed E-state index contributed by atoms with van der Waals surface area (Å²) in [5.74, 6) is -2.62. The van der Waals surface area contributed by atoms with Crippen LogP contribution in [0.3, 0.4) is 0 Å². The Morgan fingerprint density at radius 3 is 2.57 bits per heavy atom.